The van der Waals surface area contributed by atoms with Crippen molar-refractivity contribution in [2.24, 2.45) is 4.99 Å². The van der Waals surface area contributed by atoms with Crippen molar-refractivity contribution in [1.29, 1.82) is 0 Å². The number of aliphatic imine (C=N–C) groups is 1. The Morgan fingerprint density at radius 3 is 2.52 bits per heavy atom. The van der Waals surface area contributed by atoms with Gasteiger partial charge in [-0.2, -0.15) is 0 Å². The van der Waals surface area contributed by atoms with E-state index >= 15 is 0 Å². The molecule has 0 bridgehead atoms. The monoisotopic (exact) mass is 293 g/mol. The predicted octanol–water partition coefficient (Wildman–Crippen LogP) is 2.18. The molecule has 0 aromatic heterocycles. The minimum Gasteiger partial charge on any atom is -0.393 e. The maximum absolute atomic E-state index is 12.9. The van der Waals surface area contributed by atoms with E-state index in [4.69, 9.17) is 0 Å². The number of hydrogen-bond acceptors (Lipinski definition) is 2. The quantitative estimate of drug-likeness (QED) is 0.589. The molecule has 1 aliphatic rings. The van der Waals surface area contributed by atoms with Gasteiger partial charge >= 0.3 is 0 Å². The first kappa shape index (κ1) is 15.8. The summed E-state index contributed by atoms with van der Waals surface area (Å²) in [4.78, 5) is 4.54. The van der Waals surface area contributed by atoms with Crippen molar-refractivity contribution in [3.63, 3.8) is 0 Å². The van der Waals surface area contributed by atoms with E-state index < -0.39 is 0 Å². The van der Waals surface area contributed by atoms with E-state index in [1.165, 1.54) is 12.1 Å². The SMILES string of the molecule is CCNC(=NCc1ccc(F)cc1)NC1CCC(O)CC1. The first-order valence-electron chi connectivity index (χ1n) is 7.64. The molecule has 116 valence electrons. The highest BCUT2D eigenvalue weighted by atomic mass is 19.1. The van der Waals surface area contributed by atoms with Crippen molar-refractivity contribution in [2.45, 2.75) is 51.3 Å². The molecule has 3 N–H and O–H groups in total. The number of aliphatic hydroxyl groups is 1. The lowest BCUT2D eigenvalue weighted by Crippen LogP contribution is -2.45. The number of guanidine groups is 1. The minimum absolute atomic E-state index is 0.151. The molecule has 0 radical (unpaired) electrons. The standard InChI is InChI=1S/C16H24FN3O/c1-2-18-16(20-14-7-9-15(21)10-8-14)19-11-12-3-5-13(17)6-4-12/h3-6,14-15,21H,2,7-11H2,1H3,(H2,18,19,20). The second-order valence-corrected chi connectivity index (χ2v) is 5.47. The van der Waals surface area contributed by atoms with Gasteiger partial charge in [-0.15, -0.1) is 0 Å². The first-order valence-corrected chi connectivity index (χ1v) is 7.64. The van der Waals surface area contributed by atoms with Crippen LogP contribution in [0.3, 0.4) is 0 Å². The van der Waals surface area contributed by atoms with Crippen LogP contribution in [0.1, 0.15) is 38.2 Å². The molecule has 0 unspecified atom stereocenters. The third kappa shape index (κ3) is 5.34. The Morgan fingerprint density at radius 2 is 1.90 bits per heavy atom. The van der Waals surface area contributed by atoms with E-state index in [0.29, 0.717) is 12.6 Å². The maximum atomic E-state index is 12.9. The molecule has 1 aromatic rings. The van der Waals surface area contributed by atoms with Crippen LogP contribution in [0.25, 0.3) is 0 Å². The van der Waals surface area contributed by atoms with Crippen molar-refractivity contribution < 1.29 is 9.50 Å². The summed E-state index contributed by atoms with van der Waals surface area (Å²) in [6, 6.07) is 6.76. The lowest BCUT2D eigenvalue weighted by molar-refractivity contribution is 0.120. The highest BCUT2D eigenvalue weighted by Gasteiger charge is 2.19. The number of nitrogens with one attached hydrogen (secondary N) is 2. The highest BCUT2D eigenvalue weighted by Crippen LogP contribution is 2.18. The Hall–Kier alpha value is -1.62. The molecule has 4 nitrogen and oxygen atoms in total. The van der Waals surface area contributed by atoms with Crippen LogP contribution in [0.15, 0.2) is 29.3 Å². The van der Waals surface area contributed by atoms with Crippen LogP contribution in [0.5, 0.6) is 0 Å². The van der Waals surface area contributed by atoms with Crippen LogP contribution in [0.2, 0.25) is 0 Å². The van der Waals surface area contributed by atoms with E-state index in [2.05, 4.69) is 15.6 Å². The first-order chi connectivity index (χ1) is 10.2. The Balaban J connectivity index is 1.91. The maximum Gasteiger partial charge on any atom is 0.191 e. The van der Waals surface area contributed by atoms with Crippen LogP contribution < -0.4 is 10.6 Å². The fourth-order valence-corrected chi connectivity index (χ4v) is 2.49. The van der Waals surface area contributed by atoms with E-state index in [-0.39, 0.29) is 11.9 Å². The van der Waals surface area contributed by atoms with Gasteiger partial charge in [-0.05, 0) is 50.3 Å². The number of aliphatic hydroxyl groups excluding tert-OH is 1. The van der Waals surface area contributed by atoms with Crippen molar-refractivity contribution in [2.75, 3.05) is 6.54 Å². The van der Waals surface area contributed by atoms with Gasteiger partial charge in [0.2, 0.25) is 0 Å². The van der Waals surface area contributed by atoms with Crippen LogP contribution in [-0.4, -0.2) is 29.8 Å². The zero-order valence-electron chi connectivity index (χ0n) is 12.5. The number of halogens is 1. The van der Waals surface area contributed by atoms with Gasteiger partial charge in [0.1, 0.15) is 5.82 Å². The fourth-order valence-electron chi connectivity index (χ4n) is 2.49. The highest BCUT2D eigenvalue weighted by molar-refractivity contribution is 5.80. The Bertz CT molecular complexity index is 453. The summed E-state index contributed by atoms with van der Waals surface area (Å²) in [6.07, 6.45) is 3.45. The molecule has 1 aliphatic carbocycles. The molecule has 0 atom stereocenters. The van der Waals surface area contributed by atoms with Gasteiger partial charge in [-0.3, -0.25) is 0 Å². The van der Waals surface area contributed by atoms with Gasteiger partial charge in [0, 0.05) is 12.6 Å². The normalized spacial score (nSPS) is 22.9. The largest absolute Gasteiger partial charge is 0.393 e. The molecular weight excluding hydrogens is 269 g/mol. The number of nitrogens with zero attached hydrogens (tertiary/aromatic N) is 1. The van der Waals surface area contributed by atoms with Gasteiger partial charge in [-0.1, -0.05) is 12.1 Å². The molecule has 1 aromatic carbocycles. The van der Waals surface area contributed by atoms with Gasteiger partial charge in [0.15, 0.2) is 5.96 Å². The Labute approximate surface area is 125 Å². The molecule has 2 rings (SSSR count). The molecule has 0 spiro atoms. The minimum atomic E-state index is -0.228. The molecule has 5 heteroatoms. The molecule has 0 amide bonds. The second-order valence-electron chi connectivity index (χ2n) is 5.47. The topological polar surface area (TPSA) is 56.7 Å². The van der Waals surface area contributed by atoms with Crippen LogP contribution in [0, 0.1) is 5.82 Å². The summed E-state index contributed by atoms with van der Waals surface area (Å²) >= 11 is 0. The van der Waals surface area contributed by atoms with E-state index in [1.54, 1.807) is 12.1 Å². The average molecular weight is 293 g/mol. The number of benzene rings is 1. The lowest BCUT2D eigenvalue weighted by Gasteiger charge is -2.27. The molecule has 0 heterocycles. The number of hydrogen-bond donors (Lipinski definition) is 3. The summed E-state index contributed by atoms with van der Waals surface area (Å²) in [6.45, 7) is 3.34. The second kappa shape index (κ2) is 7.98. The molecule has 0 aliphatic heterocycles. The van der Waals surface area contributed by atoms with E-state index in [1.807, 2.05) is 6.92 Å². The van der Waals surface area contributed by atoms with Gasteiger partial charge in [0.05, 0.1) is 12.6 Å². The van der Waals surface area contributed by atoms with Gasteiger partial charge in [-0.25, -0.2) is 9.38 Å². The van der Waals surface area contributed by atoms with Gasteiger partial charge < -0.3 is 15.7 Å². The summed E-state index contributed by atoms with van der Waals surface area (Å²) in [5.74, 6) is 0.553. The molecule has 1 fully saturated rings. The fraction of sp³-hybridized carbons (Fsp3) is 0.562. The van der Waals surface area contributed by atoms with Crippen LogP contribution >= 0.6 is 0 Å². The molecule has 0 saturated heterocycles. The Morgan fingerprint density at radius 1 is 1.24 bits per heavy atom. The zero-order valence-corrected chi connectivity index (χ0v) is 12.5. The number of rotatable bonds is 4. The summed E-state index contributed by atoms with van der Waals surface area (Å²) in [5.41, 5.74) is 0.979. The lowest BCUT2D eigenvalue weighted by atomic mass is 9.93. The van der Waals surface area contributed by atoms with Crippen molar-refractivity contribution >= 4 is 5.96 Å². The van der Waals surface area contributed by atoms with Crippen molar-refractivity contribution in [3.8, 4) is 0 Å². The average Bonchev–Trinajstić information content (AvgIpc) is 2.49. The van der Waals surface area contributed by atoms with Gasteiger partial charge in [0.25, 0.3) is 0 Å². The van der Waals surface area contributed by atoms with Crippen molar-refractivity contribution in [1.82, 2.24) is 10.6 Å². The van der Waals surface area contributed by atoms with Crippen LogP contribution in [-0.2, 0) is 6.54 Å². The zero-order chi connectivity index (χ0) is 15.1. The smallest absolute Gasteiger partial charge is 0.191 e. The van der Waals surface area contributed by atoms with Crippen LogP contribution in [0.4, 0.5) is 4.39 Å². The van der Waals surface area contributed by atoms with Crippen molar-refractivity contribution in [3.05, 3.63) is 35.6 Å². The molecule has 1 saturated carbocycles. The third-order valence-electron chi connectivity index (χ3n) is 3.71. The predicted molar refractivity (Wildman–Crippen MR) is 82.6 cm³/mol. The van der Waals surface area contributed by atoms with E-state index in [9.17, 15) is 9.50 Å². The van der Waals surface area contributed by atoms with E-state index in [0.717, 1.165) is 43.8 Å². The molecular formula is C16H24FN3O. The summed E-state index contributed by atoms with van der Waals surface area (Å²) in [7, 11) is 0. The molecule has 21 heavy (non-hydrogen) atoms. The Kier molecular flexibility index (Phi) is 5.99. The third-order valence-corrected chi connectivity index (χ3v) is 3.71. The summed E-state index contributed by atoms with van der Waals surface area (Å²) < 4.78 is 12.9. The summed E-state index contributed by atoms with van der Waals surface area (Å²) in [5, 5.41) is 16.2.